The summed E-state index contributed by atoms with van der Waals surface area (Å²) in [6.07, 6.45) is 0.875. The van der Waals surface area contributed by atoms with E-state index in [1.54, 1.807) is 0 Å². The van der Waals surface area contributed by atoms with Crippen LogP contribution in [0.4, 0.5) is 0 Å². The van der Waals surface area contributed by atoms with Crippen LogP contribution in [0.2, 0.25) is 0 Å². The fourth-order valence-electron chi connectivity index (χ4n) is 0.0278. The van der Waals surface area contributed by atoms with Gasteiger partial charge in [0.2, 0.25) is 0 Å². The molecule has 0 bridgehead atoms. The minimum atomic E-state index is 0.0440. The van der Waals surface area contributed by atoms with Gasteiger partial charge >= 0.3 is 0 Å². The molecule has 0 saturated heterocycles. The molecular formula is C3H2BrO2-. The first-order valence-electron chi connectivity index (χ1n) is 1.24. The van der Waals surface area contributed by atoms with E-state index in [1.165, 1.54) is 0 Å². The number of hydrogen-bond acceptors (Lipinski definition) is 2. The average Bonchev–Trinajstić information content (AvgIpc) is 1.65. The van der Waals surface area contributed by atoms with E-state index in [-0.39, 0.29) is 4.48 Å². The van der Waals surface area contributed by atoms with Gasteiger partial charge in [-0.3, -0.25) is 4.79 Å². The molecule has 0 spiro atoms. The second-order valence-electron chi connectivity index (χ2n) is 0.621. The third-order valence-electron chi connectivity index (χ3n) is 0.225. The van der Waals surface area contributed by atoms with Crippen LogP contribution in [0.3, 0.4) is 0 Å². The first-order chi connectivity index (χ1) is 2.81. The van der Waals surface area contributed by atoms with Gasteiger partial charge in [-0.2, -0.15) is 0 Å². The van der Waals surface area contributed by atoms with E-state index in [0.29, 0.717) is 12.5 Å². The molecule has 0 N–H and O–H groups in total. The van der Waals surface area contributed by atoms with Crippen molar-refractivity contribution < 1.29 is 9.90 Å². The fourth-order valence-corrected chi connectivity index (χ4v) is 0.0278. The maximum atomic E-state index is 9.42. The number of carbonyl (C=O) groups is 1. The molecule has 34 valence electrons. The minimum Gasteiger partial charge on any atom is -0.877 e. The maximum absolute atomic E-state index is 9.42. The summed E-state index contributed by atoms with van der Waals surface area (Å²) in [6, 6.07) is 0. The molecule has 0 aliphatic rings. The zero-order chi connectivity index (χ0) is 4.99. The number of hydrogen-bond donors (Lipinski definition) is 0. The van der Waals surface area contributed by atoms with Crippen LogP contribution in [-0.4, -0.2) is 6.29 Å². The van der Waals surface area contributed by atoms with Crippen molar-refractivity contribution in [3.05, 3.63) is 10.7 Å². The summed E-state index contributed by atoms with van der Waals surface area (Å²) in [5, 5.41) is 9.42. The van der Waals surface area contributed by atoms with Gasteiger partial charge in [-0.25, -0.2) is 0 Å². The van der Waals surface area contributed by atoms with Gasteiger partial charge < -0.3 is 5.11 Å². The lowest BCUT2D eigenvalue weighted by atomic mass is 10.7. The second-order valence-corrected chi connectivity index (χ2v) is 1.54. The van der Waals surface area contributed by atoms with Crippen LogP contribution >= 0.6 is 15.9 Å². The minimum absolute atomic E-state index is 0.0440. The van der Waals surface area contributed by atoms with Gasteiger partial charge in [0.05, 0.1) is 0 Å². The number of rotatable bonds is 1. The van der Waals surface area contributed by atoms with E-state index in [1.807, 2.05) is 0 Å². The Bertz CT molecular complexity index is 76.9. The topological polar surface area (TPSA) is 40.1 Å². The summed E-state index contributed by atoms with van der Waals surface area (Å²) in [4.78, 5) is 9.42. The Morgan fingerprint density at radius 1 is 1.83 bits per heavy atom. The normalized spacial score (nSPS) is 11.2. The molecule has 3 heteroatoms. The summed E-state index contributed by atoms with van der Waals surface area (Å²) in [5.41, 5.74) is 0. The monoisotopic (exact) mass is 149 g/mol. The zero-order valence-corrected chi connectivity index (χ0v) is 4.44. The van der Waals surface area contributed by atoms with E-state index in [0.717, 1.165) is 0 Å². The predicted molar refractivity (Wildman–Crippen MR) is 23.1 cm³/mol. The molecule has 0 aromatic carbocycles. The van der Waals surface area contributed by atoms with E-state index in [9.17, 15) is 9.90 Å². The molecule has 0 rings (SSSR count). The van der Waals surface area contributed by atoms with Crippen molar-refractivity contribution in [2.75, 3.05) is 0 Å². The first-order valence-corrected chi connectivity index (χ1v) is 2.03. The lowest BCUT2D eigenvalue weighted by Crippen LogP contribution is -1.87. The van der Waals surface area contributed by atoms with Gasteiger partial charge in [-0.15, -0.1) is 6.26 Å². The highest BCUT2D eigenvalue weighted by molar-refractivity contribution is 9.12. The zero-order valence-electron chi connectivity index (χ0n) is 2.85. The Kier molecular flexibility index (Phi) is 2.75. The molecule has 0 aromatic heterocycles. The second kappa shape index (κ2) is 2.90. The third kappa shape index (κ3) is 1.96. The van der Waals surface area contributed by atoms with Crippen molar-refractivity contribution in [3.63, 3.8) is 0 Å². The lowest BCUT2D eigenvalue weighted by molar-refractivity contribution is -0.275. The molecule has 0 radical (unpaired) electrons. The summed E-state index contributed by atoms with van der Waals surface area (Å²) >= 11 is 2.66. The van der Waals surface area contributed by atoms with E-state index in [2.05, 4.69) is 15.9 Å². The smallest absolute Gasteiger partial charge is 0.155 e. The van der Waals surface area contributed by atoms with Crippen molar-refractivity contribution in [1.82, 2.24) is 0 Å². The van der Waals surface area contributed by atoms with Crippen LogP contribution in [0.15, 0.2) is 10.7 Å². The van der Waals surface area contributed by atoms with E-state index in [4.69, 9.17) is 0 Å². The molecule has 2 nitrogen and oxygen atoms in total. The van der Waals surface area contributed by atoms with Crippen molar-refractivity contribution in [2.24, 2.45) is 0 Å². The largest absolute Gasteiger partial charge is 0.877 e. The number of carbonyl (C=O) groups excluding carboxylic acids is 1. The van der Waals surface area contributed by atoms with Gasteiger partial charge in [-0.1, -0.05) is 0 Å². The van der Waals surface area contributed by atoms with Crippen LogP contribution in [0.1, 0.15) is 0 Å². The molecule has 0 unspecified atom stereocenters. The Balaban J connectivity index is 3.50. The van der Waals surface area contributed by atoms with Crippen molar-refractivity contribution >= 4 is 22.2 Å². The highest BCUT2D eigenvalue weighted by Crippen LogP contribution is 1.93. The van der Waals surface area contributed by atoms with Crippen LogP contribution in [0.25, 0.3) is 0 Å². The SMILES string of the molecule is O=C/C(Br)=C/[O-]. The van der Waals surface area contributed by atoms with Crippen LogP contribution in [0, 0.1) is 0 Å². The van der Waals surface area contributed by atoms with Crippen LogP contribution in [0.5, 0.6) is 0 Å². The Labute approximate surface area is 43.6 Å². The Morgan fingerprint density at radius 2 is 2.33 bits per heavy atom. The molecule has 0 aliphatic heterocycles. The van der Waals surface area contributed by atoms with Crippen molar-refractivity contribution in [2.45, 2.75) is 0 Å². The highest BCUT2D eigenvalue weighted by atomic mass is 79.9. The van der Waals surface area contributed by atoms with E-state index < -0.39 is 0 Å². The van der Waals surface area contributed by atoms with Gasteiger partial charge in [0.25, 0.3) is 0 Å². The predicted octanol–water partition coefficient (Wildman–Crippen LogP) is -0.218. The maximum Gasteiger partial charge on any atom is 0.155 e. The van der Waals surface area contributed by atoms with Crippen molar-refractivity contribution in [1.29, 1.82) is 0 Å². The molecule has 0 heterocycles. The first kappa shape index (κ1) is 5.69. The number of allylic oxidation sites excluding steroid dienone is 1. The number of halogens is 1. The van der Waals surface area contributed by atoms with Gasteiger partial charge in [0.1, 0.15) is 0 Å². The van der Waals surface area contributed by atoms with Gasteiger partial charge in [-0.05, 0) is 15.9 Å². The lowest BCUT2D eigenvalue weighted by Gasteiger charge is -1.84. The number of aldehydes is 1. The van der Waals surface area contributed by atoms with Crippen LogP contribution < -0.4 is 5.11 Å². The highest BCUT2D eigenvalue weighted by Gasteiger charge is 1.72. The molecule has 0 saturated carbocycles. The average molecular weight is 150 g/mol. The summed E-state index contributed by atoms with van der Waals surface area (Å²) in [6.45, 7) is 0. The molecular weight excluding hydrogens is 148 g/mol. The summed E-state index contributed by atoms with van der Waals surface area (Å²) in [5.74, 6) is 0. The van der Waals surface area contributed by atoms with Crippen molar-refractivity contribution in [3.8, 4) is 0 Å². The molecule has 6 heavy (non-hydrogen) atoms. The Hall–Kier alpha value is -0.310. The van der Waals surface area contributed by atoms with Gasteiger partial charge in [0, 0.05) is 4.48 Å². The third-order valence-corrected chi connectivity index (χ3v) is 0.599. The summed E-state index contributed by atoms with van der Waals surface area (Å²) in [7, 11) is 0. The molecule has 0 amide bonds. The summed E-state index contributed by atoms with van der Waals surface area (Å²) < 4.78 is 0.0440. The molecule has 0 aromatic rings. The molecule has 0 fully saturated rings. The van der Waals surface area contributed by atoms with Crippen LogP contribution in [-0.2, 0) is 4.79 Å². The van der Waals surface area contributed by atoms with E-state index >= 15 is 0 Å². The molecule has 0 aliphatic carbocycles. The Morgan fingerprint density at radius 3 is 2.33 bits per heavy atom. The quantitative estimate of drug-likeness (QED) is 0.294. The van der Waals surface area contributed by atoms with Gasteiger partial charge in [0.15, 0.2) is 6.29 Å². The standard InChI is InChI=1S/C3H3BrO2/c4-3(1-5)2-6/h1-2,5H/p-1/b3-1-. The fraction of sp³-hybridized carbons (Fsp3) is 0. The molecule has 0 atom stereocenters.